The van der Waals surface area contributed by atoms with Crippen LogP contribution in [-0.4, -0.2) is 74.8 Å². The van der Waals surface area contributed by atoms with E-state index in [0.29, 0.717) is 12.2 Å². The Balaban J connectivity index is 4.61. The summed E-state index contributed by atoms with van der Waals surface area (Å²) in [5.74, 6) is -2.65. The van der Waals surface area contributed by atoms with Crippen molar-refractivity contribution in [1.29, 1.82) is 0 Å². The first-order valence-electron chi connectivity index (χ1n) is 5.05. The highest BCUT2D eigenvalue weighted by Gasteiger charge is 2.33. The Hall–Kier alpha value is -1.81. The summed E-state index contributed by atoms with van der Waals surface area (Å²) in [6.07, 6.45) is -6.49. The predicted molar refractivity (Wildman–Crippen MR) is 57.8 cm³/mol. The lowest BCUT2D eigenvalue weighted by Crippen LogP contribution is -2.47. The van der Waals surface area contributed by atoms with E-state index in [2.05, 4.69) is 4.74 Å². The molecule has 0 amide bonds. The number of hydrogen-bond donors (Lipinski definition) is 5. The van der Waals surface area contributed by atoms with Gasteiger partial charge in [-0.2, -0.15) is 0 Å². The summed E-state index contributed by atoms with van der Waals surface area (Å²) in [6, 6.07) is 0. The van der Waals surface area contributed by atoms with Gasteiger partial charge in [-0.25, -0.2) is 9.59 Å². The molecule has 0 fully saturated rings. The number of aliphatic hydroxyl groups excluding tert-OH is 4. The van der Waals surface area contributed by atoms with Crippen LogP contribution in [0.2, 0.25) is 0 Å². The molecule has 0 radical (unpaired) electrons. The number of carboxylic acid groups (broad SMARTS) is 1. The third-order valence-electron chi connectivity index (χ3n) is 2.02. The average Bonchev–Trinajstić information content (AvgIpc) is 2.39. The van der Waals surface area contributed by atoms with Crippen molar-refractivity contribution in [2.75, 3.05) is 6.61 Å². The first-order chi connectivity index (χ1) is 8.83. The molecule has 4 atom stereocenters. The average molecular weight is 278 g/mol. The monoisotopic (exact) mass is 278 g/mol. The predicted octanol–water partition coefficient (Wildman–Crippen LogP) is -3.19. The SMILES string of the molecule is O=C[C@@H](OC(=O)/C=C/C(=O)O)[C@@H](O)[C@H](O)[C@H](O)CO. The fraction of sp³-hybridized carbons (Fsp3) is 0.500. The van der Waals surface area contributed by atoms with E-state index in [-0.39, 0.29) is 6.29 Å². The number of esters is 1. The van der Waals surface area contributed by atoms with Crippen molar-refractivity contribution >= 4 is 18.2 Å². The van der Waals surface area contributed by atoms with Gasteiger partial charge in [0.05, 0.1) is 6.61 Å². The molecule has 19 heavy (non-hydrogen) atoms. The van der Waals surface area contributed by atoms with Gasteiger partial charge in [0, 0.05) is 12.2 Å². The number of rotatable bonds is 8. The molecule has 0 aromatic carbocycles. The third kappa shape index (κ3) is 6.06. The van der Waals surface area contributed by atoms with Gasteiger partial charge in [-0.15, -0.1) is 0 Å². The van der Waals surface area contributed by atoms with Crippen molar-refractivity contribution < 1.29 is 44.7 Å². The van der Waals surface area contributed by atoms with Crippen LogP contribution in [0.5, 0.6) is 0 Å². The standard InChI is InChI=1S/C10H14O9/c11-3-5(13)9(17)10(18)6(4-12)19-8(16)2-1-7(14)15/h1-2,4-6,9-11,13,17-18H,3H2,(H,14,15)/b2-1+/t5-,6-,9-,10-/m1/s1. The second kappa shape index (κ2) is 8.32. The number of aliphatic hydroxyl groups is 4. The molecule has 0 spiro atoms. The molecule has 0 aromatic heterocycles. The zero-order valence-electron chi connectivity index (χ0n) is 9.62. The molecule has 9 nitrogen and oxygen atoms in total. The van der Waals surface area contributed by atoms with Crippen molar-refractivity contribution in [3.8, 4) is 0 Å². The van der Waals surface area contributed by atoms with Crippen molar-refractivity contribution in [1.82, 2.24) is 0 Å². The highest BCUT2D eigenvalue weighted by atomic mass is 16.6. The van der Waals surface area contributed by atoms with Gasteiger partial charge in [0.25, 0.3) is 0 Å². The van der Waals surface area contributed by atoms with Gasteiger partial charge < -0.3 is 30.3 Å². The van der Waals surface area contributed by atoms with Crippen molar-refractivity contribution in [2.24, 2.45) is 0 Å². The van der Waals surface area contributed by atoms with Gasteiger partial charge in [-0.1, -0.05) is 0 Å². The summed E-state index contributed by atoms with van der Waals surface area (Å²) in [4.78, 5) is 31.8. The maximum Gasteiger partial charge on any atom is 0.331 e. The molecule has 108 valence electrons. The van der Waals surface area contributed by atoms with Crippen LogP contribution in [0.3, 0.4) is 0 Å². The number of carbonyl (C=O) groups is 3. The van der Waals surface area contributed by atoms with E-state index in [1.165, 1.54) is 0 Å². The van der Waals surface area contributed by atoms with Crippen molar-refractivity contribution in [3.05, 3.63) is 12.2 Å². The van der Waals surface area contributed by atoms with E-state index in [1.54, 1.807) is 0 Å². The largest absolute Gasteiger partial charge is 0.478 e. The van der Waals surface area contributed by atoms with E-state index in [9.17, 15) is 24.6 Å². The fourth-order valence-corrected chi connectivity index (χ4v) is 1.02. The molecule has 0 unspecified atom stereocenters. The number of aldehydes is 1. The Kier molecular flexibility index (Phi) is 7.53. The number of carbonyl (C=O) groups excluding carboxylic acids is 2. The lowest BCUT2D eigenvalue weighted by molar-refractivity contribution is -0.163. The minimum Gasteiger partial charge on any atom is -0.478 e. The second-order valence-electron chi connectivity index (χ2n) is 3.44. The first kappa shape index (κ1) is 17.2. The molecule has 0 saturated heterocycles. The topological polar surface area (TPSA) is 162 Å². The zero-order valence-corrected chi connectivity index (χ0v) is 9.62. The highest BCUT2D eigenvalue weighted by molar-refractivity contribution is 5.91. The van der Waals surface area contributed by atoms with E-state index in [1.807, 2.05) is 0 Å². The Morgan fingerprint density at radius 2 is 1.68 bits per heavy atom. The highest BCUT2D eigenvalue weighted by Crippen LogP contribution is 2.07. The smallest absolute Gasteiger partial charge is 0.331 e. The van der Waals surface area contributed by atoms with Crippen LogP contribution in [0.15, 0.2) is 12.2 Å². The van der Waals surface area contributed by atoms with E-state index < -0.39 is 43.0 Å². The van der Waals surface area contributed by atoms with Gasteiger partial charge in [0.1, 0.15) is 18.3 Å². The van der Waals surface area contributed by atoms with Crippen LogP contribution in [-0.2, 0) is 19.1 Å². The molecular weight excluding hydrogens is 264 g/mol. The number of carboxylic acids is 1. The molecule has 0 aliphatic carbocycles. The summed E-state index contributed by atoms with van der Waals surface area (Å²) in [6.45, 7) is -0.878. The lowest BCUT2D eigenvalue weighted by Gasteiger charge is -2.25. The minimum atomic E-state index is -1.97. The molecule has 0 saturated carbocycles. The summed E-state index contributed by atoms with van der Waals surface area (Å²) >= 11 is 0. The van der Waals surface area contributed by atoms with Crippen LogP contribution < -0.4 is 0 Å². The molecule has 0 aliphatic rings. The van der Waals surface area contributed by atoms with Gasteiger partial charge >= 0.3 is 11.9 Å². The molecule has 0 bridgehead atoms. The Morgan fingerprint density at radius 1 is 1.11 bits per heavy atom. The number of aliphatic carboxylic acids is 1. The third-order valence-corrected chi connectivity index (χ3v) is 2.02. The Labute approximate surface area is 107 Å². The maximum atomic E-state index is 11.0. The van der Waals surface area contributed by atoms with E-state index in [4.69, 9.17) is 15.3 Å². The summed E-state index contributed by atoms with van der Waals surface area (Å²) in [7, 11) is 0. The van der Waals surface area contributed by atoms with Crippen molar-refractivity contribution in [3.63, 3.8) is 0 Å². The zero-order chi connectivity index (χ0) is 15.0. The summed E-state index contributed by atoms with van der Waals surface area (Å²) in [5.41, 5.74) is 0. The van der Waals surface area contributed by atoms with Gasteiger partial charge in [0.15, 0.2) is 12.4 Å². The van der Waals surface area contributed by atoms with Crippen LogP contribution in [0.1, 0.15) is 0 Å². The molecular formula is C10H14O9. The van der Waals surface area contributed by atoms with Crippen LogP contribution in [0, 0.1) is 0 Å². The Morgan fingerprint density at radius 3 is 2.11 bits per heavy atom. The fourth-order valence-electron chi connectivity index (χ4n) is 1.02. The van der Waals surface area contributed by atoms with Crippen LogP contribution in [0.4, 0.5) is 0 Å². The van der Waals surface area contributed by atoms with Crippen LogP contribution in [0.25, 0.3) is 0 Å². The quantitative estimate of drug-likeness (QED) is 0.175. The van der Waals surface area contributed by atoms with Gasteiger partial charge in [0.2, 0.25) is 0 Å². The molecule has 0 aromatic rings. The maximum absolute atomic E-state index is 11.0. The summed E-state index contributed by atoms with van der Waals surface area (Å²) in [5, 5.41) is 44.6. The minimum absolute atomic E-state index is 0.00944. The second-order valence-corrected chi connectivity index (χ2v) is 3.44. The van der Waals surface area contributed by atoms with E-state index in [0.717, 1.165) is 0 Å². The molecule has 5 N–H and O–H groups in total. The normalized spacial score (nSPS) is 17.5. The van der Waals surface area contributed by atoms with Crippen molar-refractivity contribution in [2.45, 2.75) is 24.4 Å². The van der Waals surface area contributed by atoms with Gasteiger partial charge in [-0.3, -0.25) is 4.79 Å². The lowest BCUT2D eigenvalue weighted by atomic mass is 10.0. The molecule has 0 rings (SSSR count). The van der Waals surface area contributed by atoms with Gasteiger partial charge in [-0.05, 0) is 0 Å². The summed E-state index contributed by atoms with van der Waals surface area (Å²) < 4.78 is 4.37. The molecule has 0 heterocycles. The number of hydrogen-bond acceptors (Lipinski definition) is 8. The molecule has 0 aliphatic heterocycles. The van der Waals surface area contributed by atoms with E-state index >= 15 is 0 Å². The van der Waals surface area contributed by atoms with Crippen LogP contribution >= 0.6 is 0 Å². The first-order valence-corrected chi connectivity index (χ1v) is 5.05. The molecule has 9 heteroatoms. The number of ether oxygens (including phenoxy) is 1. The Bertz CT molecular complexity index is 351.